The third kappa shape index (κ3) is 2.64. The van der Waals surface area contributed by atoms with Crippen molar-refractivity contribution in [3.8, 4) is 5.75 Å². The minimum absolute atomic E-state index is 0.196. The molecule has 0 aliphatic carbocycles. The van der Waals surface area contributed by atoms with E-state index >= 15 is 0 Å². The summed E-state index contributed by atoms with van der Waals surface area (Å²) in [6.07, 6.45) is 0.661. The van der Waals surface area contributed by atoms with E-state index in [0.29, 0.717) is 11.3 Å². The van der Waals surface area contributed by atoms with Crippen LogP contribution in [0.5, 0.6) is 5.75 Å². The molecule has 0 saturated heterocycles. The number of anilines is 1. The van der Waals surface area contributed by atoms with E-state index in [2.05, 4.69) is 15.5 Å². The molecule has 0 aliphatic heterocycles. The van der Waals surface area contributed by atoms with E-state index in [1.54, 1.807) is 24.3 Å². The summed E-state index contributed by atoms with van der Waals surface area (Å²) in [7, 11) is 0. The van der Waals surface area contributed by atoms with Crippen LogP contribution < -0.4 is 15.8 Å². The van der Waals surface area contributed by atoms with Gasteiger partial charge in [-0.15, -0.1) is 0 Å². The van der Waals surface area contributed by atoms with E-state index in [4.69, 9.17) is 15.9 Å². The van der Waals surface area contributed by atoms with E-state index in [0.717, 1.165) is 0 Å². The average Bonchev–Trinajstić information content (AvgIpc) is 2.78. The number of hydrogen-bond acceptors (Lipinski definition) is 4. The van der Waals surface area contributed by atoms with Gasteiger partial charge in [-0.05, 0) is 12.1 Å². The molecule has 7 nitrogen and oxygen atoms in total. The maximum Gasteiger partial charge on any atom is 0.418 e. The van der Waals surface area contributed by atoms with Crippen LogP contribution in [-0.2, 0) is 0 Å². The van der Waals surface area contributed by atoms with Crippen molar-refractivity contribution in [1.82, 2.24) is 10.2 Å². The molecule has 18 heavy (non-hydrogen) atoms. The van der Waals surface area contributed by atoms with Gasteiger partial charge in [-0.2, -0.15) is 5.10 Å². The second kappa shape index (κ2) is 5.00. The normalized spacial score (nSPS) is 9.78. The molecular weight excluding hydrogens is 234 g/mol. The van der Waals surface area contributed by atoms with Crippen molar-refractivity contribution >= 4 is 17.7 Å². The number of rotatable bonds is 3. The third-order valence-corrected chi connectivity index (χ3v) is 2.11. The molecule has 0 unspecified atom stereocenters. The number of carbonyl (C=O) groups excluding carboxylic acids is 1. The fourth-order valence-electron chi connectivity index (χ4n) is 1.31. The van der Waals surface area contributed by atoms with E-state index < -0.39 is 6.09 Å². The van der Waals surface area contributed by atoms with Gasteiger partial charge >= 0.3 is 6.09 Å². The van der Waals surface area contributed by atoms with Gasteiger partial charge in [0.1, 0.15) is 17.4 Å². The molecule has 7 heteroatoms. The molecular formula is C11H11N5O2. The number of hydrogen-bond donors (Lipinski definition) is 4. The molecule has 0 aliphatic rings. The second-order valence-corrected chi connectivity index (χ2v) is 3.40. The van der Waals surface area contributed by atoms with Gasteiger partial charge in [-0.3, -0.25) is 15.8 Å². The summed E-state index contributed by atoms with van der Waals surface area (Å²) in [5.41, 5.74) is 5.62. The van der Waals surface area contributed by atoms with Gasteiger partial charge < -0.3 is 10.5 Å². The number of aromatic amines is 1. The van der Waals surface area contributed by atoms with Crippen LogP contribution in [0.4, 0.5) is 10.6 Å². The molecule has 1 aromatic heterocycles. The van der Waals surface area contributed by atoms with Crippen molar-refractivity contribution < 1.29 is 9.53 Å². The first-order chi connectivity index (χ1) is 8.66. The van der Waals surface area contributed by atoms with Gasteiger partial charge in [-0.1, -0.05) is 18.2 Å². The van der Waals surface area contributed by atoms with Crippen LogP contribution in [-0.4, -0.2) is 22.1 Å². The molecule has 2 rings (SSSR count). The molecule has 1 heterocycles. The fourth-order valence-corrected chi connectivity index (χ4v) is 1.31. The monoisotopic (exact) mass is 245 g/mol. The standard InChI is InChI=1S/C11H11N5O2/c12-9(13)8-6-14-16-10(8)15-11(17)18-7-4-2-1-3-5-7/h1-6H,(H3,12,13)(H2,14,15,16,17). The summed E-state index contributed by atoms with van der Waals surface area (Å²) in [6, 6.07) is 8.62. The highest BCUT2D eigenvalue weighted by atomic mass is 16.6. The number of aromatic nitrogens is 2. The molecule has 1 aromatic carbocycles. The summed E-state index contributed by atoms with van der Waals surface area (Å²) in [4.78, 5) is 11.6. The van der Waals surface area contributed by atoms with Gasteiger partial charge in [0.15, 0.2) is 0 Å². The van der Waals surface area contributed by atoms with E-state index in [1.165, 1.54) is 6.20 Å². The number of ether oxygens (including phenoxy) is 1. The zero-order valence-corrected chi connectivity index (χ0v) is 9.31. The maximum absolute atomic E-state index is 11.6. The van der Waals surface area contributed by atoms with Crippen molar-refractivity contribution in [3.05, 3.63) is 42.1 Å². The molecule has 1 amide bonds. The number of H-pyrrole nitrogens is 1. The quantitative estimate of drug-likeness (QED) is 0.481. The van der Waals surface area contributed by atoms with Crippen molar-refractivity contribution in [2.45, 2.75) is 0 Å². The maximum atomic E-state index is 11.6. The van der Waals surface area contributed by atoms with Crippen LogP contribution in [0.3, 0.4) is 0 Å². The van der Waals surface area contributed by atoms with E-state index in [9.17, 15) is 4.79 Å². The summed E-state index contributed by atoms with van der Waals surface area (Å²) < 4.78 is 5.01. The lowest BCUT2D eigenvalue weighted by molar-refractivity contribution is 0.215. The predicted molar refractivity (Wildman–Crippen MR) is 65.7 cm³/mol. The Morgan fingerprint density at radius 2 is 2.11 bits per heavy atom. The number of benzene rings is 1. The number of amidine groups is 1. The lowest BCUT2D eigenvalue weighted by Crippen LogP contribution is -2.20. The molecule has 0 fully saturated rings. The van der Waals surface area contributed by atoms with Gasteiger partial charge in [-0.25, -0.2) is 4.79 Å². The Balaban J connectivity index is 2.04. The van der Waals surface area contributed by atoms with Crippen LogP contribution in [0.15, 0.2) is 36.5 Å². The molecule has 0 spiro atoms. The van der Waals surface area contributed by atoms with Crippen LogP contribution >= 0.6 is 0 Å². The average molecular weight is 245 g/mol. The van der Waals surface area contributed by atoms with Crippen molar-refractivity contribution in [2.24, 2.45) is 5.73 Å². The molecule has 5 N–H and O–H groups in total. The van der Waals surface area contributed by atoms with Crippen LogP contribution in [0.2, 0.25) is 0 Å². The Labute approximate surface area is 102 Å². The Morgan fingerprint density at radius 1 is 1.39 bits per heavy atom. The minimum Gasteiger partial charge on any atom is -0.410 e. The van der Waals surface area contributed by atoms with Crippen molar-refractivity contribution in [2.75, 3.05) is 5.32 Å². The van der Waals surface area contributed by atoms with Crippen molar-refractivity contribution in [1.29, 1.82) is 5.41 Å². The first-order valence-electron chi connectivity index (χ1n) is 5.08. The highest BCUT2D eigenvalue weighted by molar-refractivity contribution is 6.02. The third-order valence-electron chi connectivity index (χ3n) is 2.11. The number of nitrogens with two attached hydrogens (primary N) is 1. The Kier molecular flexibility index (Phi) is 3.24. The van der Waals surface area contributed by atoms with Crippen LogP contribution in [0.1, 0.15) is 5.56 Å². The highest BCUT2D eigenvalue weighted by Crippen LogP contribution is 2.12. The SMILES string of the molecule is N=C(N)c1cn[nH]c1NC(=O)Oc1ccccc1. The molecule has 0 radical (unpaired) electrons. The highest BCUT2D eigenvalue weighted by Gasteiger charge is 2.12. The lowest BCUT2D eigenvalue weighted by Gasteiger charge is -2.05. The first-order valence-corrected chi connectivity index (χ1v) is 5.08. The Morgan fingerprint density at radius 3 is 2.78 bits per heavy atom. The number of carbonyl (C=O) groups is 1. The van der Waals surface area contributed by atoms with Gasteiger partial charge in [0.2, 0.25) is 0 Å². The first kappa shape index (κ1) is 11.6. The Bertz CT molecular complexity index is 564. The number of para-hydroxylation sites is 1. The number of amides is 1. The second-order valence-electron chi connectivity index (χ2n) is 3.40. The zero-order valence-electron chi connectivity index (χ0n) is 9.31. The number of nitrogens with one attached hydrogen (secondary N) is 3. The molecule has 92 valence electrons. The van der Waals surface area contributed by atoms with E-state index in [1.807, 2.05) is 6.07 Å². The smallest absolute Gasteiger partial charge is 0.410 e. The summed E-state index contributed by atoms with van der Waals surface area (Å²) in [5.74, 6) is 0.445. The Hall–Kier alpha value is -2.83. The predicted octanol–water partition coefficient (Wildman–Crippen LogP) is 1.30. The molecule has 0 saturated carbocycles. The number of nitrogen functional groups attached to an aromatic ring is 1. The topological polar surface area (TPSA) is 117 Å². The largest absolute Gasteiger partial charge is 0.418 e. The minimum atomic E-state index is -0.687. The zero-order chi connectivity index (χ0) is 13.0. The molecule has 2 aromatic rings. The van der Waals surface area contributed by atoms with Gasteiger partial charge in [0, 0.05) is 0 Å². The summed E-state index contributed by atoms with van der Waals surface area (Å²) in [5, 5.41) is 15.9. The van der Waals surface area contributed by atoms with Gasteiger partial charge in [0.05, 0.1) is 11.8 Å². The van der Waals surface area contributed by atoms with Crippen molar-refractivity contribution in [3.63, 3.8) is 0 Å². The van der Waals surface area contributed by atoms with E-state index in [-0.39, 0.29) is 11.7 Å². The van der Waals surface area contributed by atoms with Crippen LogP contribution in [0.25, 0.3) is 0 Å². The summed E-state index contributed by atoms with van der Waals surface area (Å²) >= 11 is 0. The van der Waals surface area contributed by atoms with Crippen LogP contribution in [0, 0.1) is 5.41 Å². The fraction of sp³-hybridized carbons (Fsp3) is 0. The molecule has 0 bridgehead atoms. The summed E-state index contributed by atoms with van der Waals surface area (Å²) in [6.45, 7) is 0. The van der Waals surface area contributed by atoms with Gasteiger partial charge in [0.25, 0.3) is 0 Å². The number of nitrogens with zero attached hydrogens (tertiary/aromatic N) is 1. The molecule has 0 atom stereocenters. The lowest BCUT2D eigenvalue weighted by atomic mass is 10.3.